The molecule has 1 N–H and O–H groups in total. The van der Waals surface area contributed by atoms with Crippen molar-refractivity contribution in [2.75, 3.05) is 4.90 Å². The van der Waals surface area contributed by atoms with E-state index in [4.69, 9.17) is 0 Å². The molecule has 0 amide bonds. The number of carbonyl (C=O) groups is 1. The van der Waals surface area contributed by atoms with E-state index in [2.05, 4.69) is 65.5 Å². The van der Waals surface area contributed by atoms with E-state index >= 15 is 0 Å². The summed E-state index contributed by atoms with van der Waals surface area (Å²) in [5, 5.41) is 9.21. The maximum atomic E-state index is 11.2. The van der Waals surface area contributed by atoms with Gasteiger partial charge in [-0.15, -0.1) is 0 Å². The van der Waals surface area contributed by atoms with E-state index in [0.29, 0.717) is 5.56 Å². The number of carboxylic acid groups (broad SMARTS) is 1. The molecular formula is C25H33NO2. The number of aromatic carboxylic acids is 1. The zero-order chi connectivity index (χ0) is 20.9. The summed E-state index contributed by atoms with van der Waals surface area (Å²) >= 11 is 0. The lowest BCUT2D eigenvalue weighted by Crippen LogP contribution is -2.35. The molecule has 150 valence electrons. The Kier molecular flexibility index (Phi) is 5.07. The van der Waals surface area contributed by atoms with Crippen LogP contribution in [0.3, 0.4) is 0 Å². The summed E-state index contributed by atoms with van der Waals surface area (Å²) in [6.45, 7) is 16.0. The summed E-state index contributed by atoms with van der Waals surface area (Å²) in [5.41, 5.74) is 7.08. The fourth-order valence-corrected chi connectivity index (χ4v) is 4.45. The highest BCUT2D eigenvalue weighted by Gasteiger charge is 2.38. The third kappa shape index (κ3) is 3.55. The first-order valence-electron chi connectivity index (χ1n) is 10.2. The van der Waals surface area contributed by atoms with E-state index in [1.54, 1.807) is 12.1 Å². The fourth-order valence-electron chi connectivity index (χ4n) is 4.45. The SMILES string of the molecule is Cc1cc2c(cc1N(c1ccc(C(=O)O)cc1)C(C)C)C(C)(C)CCC2(C)C. The molecule has 3 heteroatoms. The van der Waals surface area contributed by atoms with Crippen molar-refractivity contribution in [1.29, 1.82) is 0 Å². The molecule has 2 aromatic rings. The van der Waals surface area contributed by atoms with Crippen molar-refractivity contribution in [3.8, 4) is 0 Å². The summed E-state index contributed by atoms with van der Waals surface area (Å²) in [6.07, 6.45) is 2.39. The zero-order valence-corrected chi connectivity index (χ0v) is 18.3. The number of nitrogens with zero attached hydrogens (tertiary/aromatic N) is 1. The molecule has 0 spiro atoms. The minimum atomic E-state index is -0.892. The number of hydrogen-bond donors (Lipinski definition) is 1. The molecule has 0 saturated heterocycles. The van der Waals surface area contributed by atoms with Crippen molar-refractivity contribution >= 4 is 17.3 Å². The predicted molar refractivity (Wildman–Crippen MR) is 117 cm³/mol. The van der Waals surface area contributed by atoms with Gasteiger partial charge in [0.05, 0.1) is 5.56 Å². The van der Waals surface area contributed by atoms with Gasteiger partial charge < -0.3 is 10.0 Å². The van der Waals surface area contributed by atoms with Crippen LogP contribution in [0.1, 0.15) is 81.4 Å². The van der Waals surface area contributed by atoms with E-state index in [1.807, 2.05) is 12.1 Å². The highest BCUT2D eigenvalue weighted by atomic mass is 16.4. The van der Waals surface area contributed by atoms with Gasteiger partial charge in [0, 0.05) is 17.4 Å². The van der Waals surface area contributed by atoms with Crippen molar-refractivity contribution < 1.29 is 9.90 Å². The van der Waals surface area contributed by atoms with Crippen molar-refractivity contribution in [3.05, 3.63) is 58.7 Å². The summed E-state index contributed by atoms with van der Waals surface area (Å²) < 4.78 is 0. The largest absolute Gasteiger partial charge is 0.478 e. The van der Waals surface area contributed by atoms with Crippen LogP contribution in [0.4, 0.5) is 11.4 Å². The second kappa shape index (κ2) is 6.95. The van der Waals surface area contributed by atoms with Gasteiger partial charge in [-0.05, 0) is 91.5 Å². The number of carboxylic acids is 1. The Balaban J connectivity index is 2.16. The molecule has 0 fully saturated rings. The monoisotopic (exact) mass is 379 g/mol. The summed E-state index contributed by atoms with van der Waals surface area (Å²) in [5.74, 6) is -0.892. The van der Waals surface area contributed by atoms with Crippen LogP contribution in [0.25, 0.3) is 0 Å². The Morgan fingerprint density at radius 3 is 1.93 bits per heavy atom. The molecule has 28 heavy (non-hydrogen) atoms. The average molecular weight is 380 g/mol. The molecule has 0 heterocycles. The van der Waals surface area contributed by atoms with Crippen LogP contribution in [-0.4, -0.2) is 17.1 Å². The fraction of sp³-hybridized carbons (Fsp3) is 0.480. The summed E-state index contributed by atoms with van der Waals surface area (Å²) in [7, 11) is 0. The van der Waals surface area contributed by atoms with E-state index < -0.39 is 5.97 Å². The van der Waals surface area contributed by atoms with E-state index in [1.165, 1.54) is 35.2 Å². The molecule has 0 atom stereocenters. The van der Waals surface area contributed by atoms with Crippen LogP contribution in [0.2, 0.25) is 0 Å². The molecule has 1 aliphatic rings. The first-order valence-corrected chi connectivity index (χ1v) is 10.2. The molecule has 3 nitrogen and oxygen atoms in total. The van der Waals surface area contributed by atoms with Crippen molar-refractivity contribution in [3.63, 3.8) is 0 Å². The van der Waals surface area contributed by atoms with E-state index in [0.717, 1.165) is 5.69 Å². The maximum absolute atomic E-state index is 11.2. The van der Waals surface area contributed by atoms with Gasteiger partial charge in [0.2, 0.25) is 0 Å². The molecule has 0 bridgehead atoms. The minimum absolute atomic E-state index is 0.156. The lowest BCUT2D eigenvalue weighted by atomic mass is 9.63. The van der Waals surface area contributed by atoms with Crippen molar-refractivity contribution in [2.45, 2.75) is 78.2 Å². The molecule has 0 saturated carbocycles. The first-order chi connectivity index (χ1) is 12.9. The Morgan fingerprint density at radius 1 is 0.964 bits per heavy atom. The first kappa shape index (κ1) is 20.4. The lowest BCUT2D eigenvalue weighted by molar-refractivity contribution is 0.0697. The van der Waals surface area contributed by atoms with Crippen LogP contribution in [0.15, 0.2) is 36.4 Å². The molecule has 1 aliphatic carbocycles. The number of benzene rings is 2. The Hall–Kier alpha value is -2.29. The zero-order valence-electron chi connectivity index (χ0n) is 18.3. The number of aryl methyl sites for hydroxylation is 1. The number of hydrogen-bond acceptors (Lipinski definition) is 2. The average Bonchev–Trinajstić information content (AvgIpc) is 2.60. The van der Waals surface area contributed by atoms with Crippen LogP contribution < -0.4 is 4.90 Å². The topological polar surface area (TPSA) is 40.5 Å². The van der Waals surface area contributed by atoms with Crippen LogP contribution in [-0.2, 0) is 10.8 Å². The van der Waals surface area contributed by atoms with Crippen LogP contribution in [0.5, 0.6) is 0 Å². The molecule has 0 aliphatic heterocycles. The van der Waals surface area contributed by atoms with Crippen LogP contribution in [0, 0.1) is 6.92 Å². The predicted octanol–water partition coefficient (Wildman–Crippen LogP) is 6.59. The lowest BCUT2D eigenvalue weighted by Gasteiger charge is -2.43. The summed E-state index contributed by atoms with van der Waals surface area (Å²) in [4.78, 5) is 13.5. The van der Waals surface area contributed by atoms with Gasteiger partial charge in [0.15, 0.2) is 0 Å². The number of fused-ring (bicyclic) bond motifs is 1. The van der Waals surface area contributed by atoms with Gasteiger partial charge in [-0.2, -0.15) is 0 Å². The van der Waals surface area contributed by atoms with Crippen molar-refractivity contribution in [1.82, 2.24) is 0 Å². The molecule has 0 radical (unpaired) electrons. The minimum Gasteiger partial charge on any atom is -0.478 e. The maximum Gasteiger partial charge on any atom is 0.335 e. The molecule has 0 unspecified atom stereocenters. The number of rotatable bonds is 4. The van der Waals surface area contributed by atoms with Gasteiger partial charge >= 0.3 is 5.97 Å². The van der Waals surface area contributed by atoms with Crippen molar-refractivity contribution in [2.24, 2.45) is 0 Å². The normalized spacial score (nSPS) is 17.3. The second-order valence-electron chi connectivity index (χ2n) is 9.77. The van der Waals surface area contributed by atoms with Gasteiger partial charge in [0.25, 0.3) is 0 Å². The second-order valence-corrected chi connectivity index (χ2v) is 9.77. The third-order valence-electron chi connectivity index (χ3n) is 6.34. The highest BCUT2D eigenvalue weighted by molar-refractivity contribution is 5.88. The van der Waals surface area contributed by atoms with Gasteiger partial charge in [-0.1, -0.05) is 33.8 Å². The molecule has 3 rings (SSSR count). The van der Waals surface area contributed by atoms with E-state index in [9.17, 15) is 9.90 Å². The quantitative estimate of drug-likeness (QED) is 0.651. The number of anilines is 2. The van der Waals surface area contributed by atoms with Crippen LogP contribution >= 0.6 is 0 Å². The Labute approximate surface area is 169 Å². The smallest absolute Gasteiger partial charge is 0.335 e. The molecule has 0 aromatic heterocycles. The summed E-state index contributed by atoms with van der Waals surface area (Å²) in [6, 6.07) is 12.2. The molecule has 2 aromatic carbocycles. The van der Waals surface area contributed by atoms with Gasteiger partial charge in [0.1, 0.15) is 0 Å². The molecular weight excluding hydrogens is 346 g/mol. The Morgan fingerprint density at radius 2 is 1.46 bits per heavy atom. The third-order valence-corrected chi connectivity index (χ3v) is 6.34. The van der Waals surface area contributed by atoms with Gasteiger partial charge in [-0.25, -0.2) is 4.79 Å². The Bertz CT molecular complexity index is 892. The van der Waals surface area contributed by atoms with Gasteiger partial charge in [-0.3, -0.25) is 0 Å². The van der Waals surface area contributed by atoms with E-state index in [-0.39, 0.29) is 16.9 Å². The highest BCUT2D eigenvalue weighted by Crippen LogP contribution is 2.48. The standard InChI is InChI=1S/C25H33NO2/c1-16(2)26(19-10-8-18(9-11-19)23(27)28)22-15-21-20(14-17(22)3)24(4,5)12-13-25(21,6)7/h8-11,14-16H,12-13H2,1-7H3,(H,27,28).